The second-order valence-electron chi connectivity index (χ2n) is 6.97. The number of carbonyl (C=O) groups is 3. The number of hydrogen-bond donors (Lipinski definition) is 1. The molecule has 2 amide bonds. The van der Waals surface area contributed by atoms with Gasteiger partial charge in [-0.3, -0.25) is 14.4 Å². The van der Waals surface area contributed by atoms with Gasteiger partial charge >= 0.3 is 5.97 Å². The Morgan fingerprint density at radius 2 is 1.83 bits per heavy atom. The molecule has 7 heteroatoms. The molecule has 1 unspecified atom stereocenters. The second-order valence-corrected chi connectivity index (χ2v) is 6.97. The number of esters is 1. The molecule has 0 aliphatic carbocycles. The summed E-state index contributed by atoms with van der Waals surface area (Å²) in [5.41, 5.74) is 2.30. The first kappa shape index (κ1) is 21.4. The minimum atomic E-state index is -0.948. The second kappa shape index (κ2) is 9.91. The summed E-state index contributed by atoms with van der Waals surface area (Å²) in [6, 6.07) is 14.5. The zero-order valence-corrected chi connectivity index (χ0v) is 17.2. The Kier molecular flexibility index (Phi) is 7.06. The van der Waals surface area contributed by atoms with E-state index in [1.54, 1.807) is 36.1 Å². The van der Waals surface area contributed by atoms with Crippen LogP contribution in [0.5, 0.6) is 5.75 Å². The predicted octanol–water partition coefficient (Wildman–Crippen LogP) is 2.73. The highest BCUT2D eigenvalue weighted by Gasteiger charge is 2.28. The molecular weight excluding hydrogens is 384 g/mol. The number of amides is 2. The van der Waals surface area contributed by atoms with Crippen LogP contribution in [-0.4, -0.2) is 43.6 Å². The number of carbonyl (C=O) groups excluding carboxylic acids is 3. The van der Waals surface area contributed by atoms with E-state index in [-0.39, 0.29) is 12.5 Å². The van der Waals surface area contributed by atoms with Crippen LogP contribution >= 0.6 is 0 Å². The van der Waals surface area contributed by atoms with E-state index in [0.717, 1.165) is 24.1 Å². The molecule has 3 rings (SSSR count). The highest BCUT2D eigenvalue weighted by molar-refractivity contribution is 6.00. The molecule has 1 atom stereocenters. The molecule has 7 nitrogen and oxygen atoms in total. The molecule has 2 aromatic carbocycles. The fraction of sp³-hybridized carbons (Fsp3) is 0.348. The maximum atomic E-state index is 12.8. The van der Waals surface area contributed by atoms with Crippen LogP contribution in [-0.2, 0) is 20.7 Å². The Hall–Kier alpha value is -3.35. The number of anilines is 1. The molecule has 0 aromatic heterocycles. The van der Waals surface area contributed by atoms with Gasteiger partial charge in [0.25, 0.3) is 11.8 Å². The SMILES string of the molecule is CCOc1ccccc1C(=O)NCC(=O)OC(C)C(=O)N1CCCc2ccccc21. The minimum absolute atomic E-state index is 0.275. The highest BCUT2D eigenvalue weighted by Crippen LogP contribution is 2.27. The summed E-state index contributed by atoms with van der Waals surface area (Å²) in [6.07, 6.45) is 0.832. The predicted molar refractivity (Wildman–Crippen MR) is 113 cm³/mol. The summed E-state index contributed by atoms with van der Waals surface area (Å²) < 4.78 is 10.7. The average molecular weight is 410 g/mol. The van der Waals surface area contributed by atoms with Crippen LogP contribution in [0.2, 0.25) is 0 Å². The van der Waals surface area contributed by atoms with Crippen LogP contribution in [0.15, 0.2) is 48.5 Å². The van der Waals surface area contributed by atoms with Gasteiger partial charge in [-0.25, -0.2) is 0 Å². The zero-order chi connectivity index (χ0) is 21.5. The lowest BCUT2D eigenvalue weighted by Crippen LogP contribution is -2.43. The van der Waals surface area contributed by atoms with Crippen molar-refractivity contribution in [2.45, 2.75) is 32.8 Å². The number of nitrogens with zero attached hydrogens (tertiary/aromatic N) is 1. The van der Waals surface area contributed by atoms with E-state index < -0.39 is 18.0 Å². The standard InChI is InChI=1S/C23H26N2O5/c1-3-29-20-13-7-5-11-18(20)22(27)24-15-21(26)30-16(2)23(28)25-14-8-10-17-9-4-6-12-19(17)25/h4-7,9,11-13,16H,3,8,10,14-15H2,1-2H3,(H,24,27). The lowest BCUT2D eigenvalue weighted by atomic mass is 10.0. The lowest BCUT2D eigenvalue weighted by molar-refractivity contribution is -0.152. The van der Waals surface area contributed by atoms with E-state index in [4.69, 9.17) is 9.47 Å². The van der Waals surface area contributed by atoms with Crippen molar-refractivity contribution < 1.29 is 23.9 Å². The van der Waals surface area contributed by atoms with Gasteiger partial charge in [-0.05, 0) is 50.5 Å². The largest absolute Gasteiger partial charge is 0.493 e. The van der Waals surface area contributed by atoms with Crippen molar-refractivity contribution in [2.75, 3.05) is 24.6 Å². The summed E-state index contributed by atoms with van der Waals surface area (Å²) in [5.74, 6) is -0.954. The van der Waals surface area contributed by atoms with Crippen molar-refractivity contribution in [1.82, 2.24) is 5.32 Å². The minimum Gasteiger partial charge on any atom is -0.493 e. The molecule has 30 heavy (non-hydrogen) atoms. The fourth-order valence-electron chi connectivity index (χ4n) is 3.45. The third-order valence-corrected chi connectivity index (χ3v) is 4.86. The molecule has 0 saturated carbocycles. The van der Waals surface area contributed by atoms with Gasteiger partial charge in [0, 0.05) is 12.2 Å². The van der Waals surface area contributed by atoms with Crippen molar-refractivity contribution in [3.05, 3.63) is 59.7 Å². The summed E-state index contributed by atoms with van der Waals surface area (Å²) in [5, 5.41) is 2.52. The molecule has 158 valence electrons. The molecule has 0 fully saturated rings. The van der Waals surface area contributed by atoms with E-state index in [2.05, 4.69) is 5.32 Å². The number of benzene rings is 2. The number of fused-ring (bicyclic) bond motifs is 1. The summed E-state index contributed by atoms with van der Waals surface area (Å²) in [6.45, 7) is 4.04. The average Bonchev–Trinajstić information content (AvgIpc) is 2.77. The Bertz CT molecular complexity index is 927. The molecule has 2 aromatic rings. The first-order valence-corrected chi connectivity index (χ1v) is 10.1. The van der Waals surface area contributed by atoms with Gasteiger partial charge in [0.15, 0.2) is 6.10 Å². The summed E-state index contributed by atoms with van der Waals surface area (Å²) in [4.78, 5) is 39.0. The van der Waals surface area contributed by atoms with Gasteiger partial charge < -0.3 is 19.7 Å². The Balaban J connectivity index is 1.55. The Labute approximate surface area is 176 Å². The number of aryl methyl sites for hydroxylation is 1. The van der Waals surface area contributed by atoms with Crippen molar-refractivity contribution in [1.29, 1.82) is 0 Å². The van der Waals surface area contributed by atoms with Crippen molar-refractivity contribution in [3.63, 3.8) is 0 Å². The van der Waals surface area contributed by atoms with Crippen LogP contribution in [0.1, 0.15) is 36.2 Å². The molecule has 1 aliphatic heterocycles. The van der Waals surface area contributed by atoms with Gasteiger partial charge in [0.2, 0.25) is 0 Å². The fourth-order valence-corrected chi connectivity index (χ4v) is 3.45. The van der Waals surface area contributed by atoms with E-state index >= 15 is 0 Å². The normalized spacial score (nSPS) is 13.7. The van der Waals surface area contributed by atoms with E-state index in [9.17, 15) is 14.4 Å². The number of rotatable bonds is 7. The first-order valence-electron chi connectivity index (χ1n) is 10.1. The van der Waals surface area contributed by atoms with Gasteiger partial charge in [-0.2, -0.15) is 0 Å². The summed E-state index contributed by atoms with van der Waals surface area (Å²) >= 11 is 0. The third kappa shape index (κ3) is 4.97. The maximum Gasteiger partial charge on any atom is 0.326 e. The number of para-hydroxylation sites is 2. The Morgan fingerprint density at radius 1 is 1.10 bits per heavy atom. The monoisotopic (exact) mass is 410 g/mol. The van der Waals surface area contributed by atoms with Crippen LogP contribution in [0, 0.1) is 0 Å². The lowest BCUT2D eigenvalue weighted by Gasteiger charge is -2.31. The van der Waals surface area contributed by atoms with Gasteiger partial charge in [-0.1, -0.05) is 30.3 Å². The van der Waals surface area contributed by atoms with Gasteiger partial charge in [0.05, 0.1) is 12.2 Å². The molecule has 1 N–H and O–H groups in total. The Morgan fingerprint density at radius 3 is 2.63 bits per heavy atom. The van der Waals surface area contributed by atoms with Gasteiger partial charge in [-0.15, -0.1) is 0 Å². The maximum absolute atomic E-state index is 12.8. The highest BCUT2D eigenvalue weighted by atomic mass is 16.5. The van der Waals surface area contributed by atoms with Crippen molar-refractivity contribution in [2.24, 2.45) is 0 Å². The number of nitrogens with one attached hydrogen (secondary N) is 1. The number of hydrogen-bond acceptors (Lipinski definition) is 5. The van der Waals surface area contributed by atoms with E-state index in [1.165, 1.54) is 0 Å². The van der Waals surface area contributed by atoms with Crippen molar-refractivity contribution in [3.8, 4) is 5.75 Å². The first-order chi connectivity index (χ1) is 14.5. The summed E-state index contributed by atoms with van der Waals surface area (Å²) in [7, 11) is 0. The molecule has 0 bridgehead atoms. The molecule has 0 radical (unpaired) electrons. The quantitative estimate of drug-likeness (QED) is 0.710. The van der Waals surface area contributed by atoms with Gasteiger partial charge in [0.1, 0.15) is 12.3 Å². The van der Waals surface area contributed by atoms with Crippen LogP contribution in [0.25, 0.3) is 0 Å². The zero-order valence-electron chi connectivity index (χ0n) is 17.2. The molecule has 1 aliphatic rings. The van der Waals surface area contributed by atoms with Crippen LogP contribution in [0.4, 0.5) is 5.69 Å². The molecule has 0 saturated heterocycles. The number of ether oxygens (including phenoxy) is 2. The van der Waals surface area contributed by atoms with E-state index in [0.29, 0.717) is 24.5 Å². The van der Waals surface area contributed by atoms with Crippen LogP contribution in [0.3, 0.4) is 0 Å². The van der Waals surface area contributed by atoms with E-state index in [1.807, 2.05) is 31.2 Å². The smallest absolute Gasteiger partial charge is 0.326 e. The topological polar surface area (TPSA) is 84.9 Å². The molecule has 0 spiro atoms. The molecule has 1 heterocycles. The third-order valence-electron chi connectivity index (χ3n) is 4.86. The van der Waals surface area contributed by atoms with Crippen LogP contribution < -0.4 is 15.0 Å². The molecular formula is C23H26N2O5. The van der Waals surface area contributed by atoms with Crippen molar-refractivity contribution >= 4 is 23.5 Å².